The van der Waals surface area contributed by atoms with Gasteiger partial charge in [0.15, 0.2) is 10.8 Å². The Hall–Kier alpha value is -3.26. The van der Waals surface area contributed by atoms with Crippen LogP contribution >= 0.6 is 12.2 Å². The van der Waals surface area contributed by atoms with E-state index in [1.54, 1.807) is 24.3 Å². The van der Waals surface area contributed by atoms with E-state index in [-0.39, 0.29) is 16.4 Å². The number of benzene rings is 2. The van der Waals surface area contributed by atoms with Gasteiger partial charge in [-0.25, -0.2) is 4.68 Å². The SMILES string of the molecule is Cc1ccc(C)c(NC(=S)NNC(=O)c2nn(C)c(=O)c3ccccc23)c1. The van der Waals surface area contributed by atoms with Crippen molar-refractivity contribution in [2.75, 3.05) is 5.32 Å². The molecule has 7 nitrogen and oxygen atoms in total. The van der Waals surface area contributed by atoms with Crippen LogP contribution in [0.2, 0.25) is 0 Å². The number of nitrogens with one attached hydrogen (secondary N) is 3. The van der Waals surface area contributed by atoms with E-state index >= 15 is 0 Å². The predicted octanol–water partition coefficient (Wildman–Crippen LogP) is 2.18. The van der Waals surface area contributed by atoms with Crippen LogP contribution in [0.1, 0.15) is 21.6 Å². The number of fused-ring (bicyclic) bond motifs is 1. The summed E-state index contributed by atoms with van der Waals surface area (Å²) in [6, 6.07) is 12.8. The summed E-state index contributed by atoms with van der Waals surface area (Å²) in [7, 11) is 1.51. The Morgan fingerprint density at radius 2 is 1.78 bits per heavy atom. The first-order valence-corrected chi connectivity index (χ1v) is 8.68. The highest BCUT2D eigenvalue weighted by Crippen LogP contribution is 2.16. The van der Waals surface area contributed by atoms with Crippen LogP contribution in [0, 0.1) is 13.8 Å². The van der Waals surface area contributed by atoms with Crippen LogP contribution in [0.4, 0.5) is 5.69 Å². The maximum Gasteiger partial charge on any atom is 0.290 e. The highest BCUT2D eigenvalue weighted by molar-refractivity contribution is 7.80. The molecule has 1 amide bonds. The van der Waals surface area contributed by atoms with Gasteiger partial charge in [0.1, 0.15) is 0 Å². The van der Waals surface area contributed by atoms with E-state index in [1.165, 1.54) is 7.05 Å². The van der Waals surface area contributed by atoms with E-state index in [4.69, 9.17) is 12.2 Å². The summed E-state index contributed by atoms with van der Waals surface area (Å²) in [5, 5.41) is 8.27. The molecular formula is C19H19N5O2S. The van der Waals surface area contributed by atoms with Crippen molar-refractivity contribution in [3.63, 3.8) is 0 Å². The van der Waals surface area contributed by atoms with E-state index in [9.17, 15) is 9.59 Å². The molecule has 3 rings (SSSR count). The molecule has 27 heavy (non-hydrogen) atoms. The summed E-state index contributed by atoms with van der Waals surface area (Å²) in [5.74, 6) is -0.494. The number of aryl methyl sites for hydroxylation is 3. The molecule has 0 bridgehead atoms. The fourth-order valence-corrected chi connectivity index (χ4v) is 2.83. The Kier molecular flexibility index (Phi) is 5.18. The summed E-state index contributed by atoms with van der Waals surface area (Å²) in [6.45, 7) is 3.95. The lowest BCUT2D eigenvalue weighted by atomic mass is 10.1. The largest absolute Gasteiger partial charge is 0.331 e. The van der Waals surface area contributed by atoms with Crippen molar-refractivity contribution in [2.24, 2.45) is 7.05 Å². The van der Waals surface area contributed by atoms with Crippen molar-refractivity contribution in [1.82, 2.24) is 20.6 Å². The minimum atomic E-state index is -0.494. The number of amides is 1. The number of carbonyl (C=O) groups excluding carboxylic acids is 1. The highest BCUT2D eigenvalue weighted by atomic mass is 32.1. The first-order chi connectivity index (χ1) is 12.9. The average Bonchev–Trinajstić information content (AvgIpc) is 2.65. The Balaban J connectivity index is 1.76. The lowest BCUT2D eigenvalue weighted by molar-refractivity contribution is 0.0939. The van der Waals surface area contributed by atoms with Crippen molar-refractivity contribution < 1.29 is 4.79 Å². The van der Waals surface area contributed by atoms with Crippen LogP contribution in [0.3, 0.4) is 0 Å². The second-order valence-electron chi connectivity index (χ2n) is 6.17. The zero-order valence-electron chi connectivity index (χ0n) is 15.2. The third kappa shape index (κ3) is 3.95. The number of rotatable bonds is 2. The highest BCUT2D eigenvalue weighted by Gasteiger charge is 2.15. The van der Waals surface area contributed by atoms with Gasteiger partial charge in [0.2, 0.25) is 0 Å². The Bertz CT molecular complexity index is 1110. The molecule has 0 aliphatic rings. The van der Waals surface area contributed by atoms with Crippen LogP contribution in [0.15, 0.2) is 47.3 Å². The van der Waals surface area contributed by atoms with Crippen molar-refractivity contribution in [3.8, 4) is 0 Å². The van der Waals surface area contributed by atoms with Gasteiger partial charge >= 0.3 is 0 Å². The zero-order chi connectivity index (χ0) is 19.6. The second kappa shape index (κ2) is 7.55. The number of hydrogen-bond donors (Lipinski definition) is 3. The molecule has 0 radical (unpaired) electrons. The lowest BCUT2D eigenvalue weighted by Crippen LogP contribution is -2.44. The van der Waals surface area contributed by atoms with Gasteiger partial charge in [0.25, 0.3) is 11.5 Å². The second-order valence-corrected chi connectivity index (χ2v) is 6.58. The number of hydrazine groups is 1. The monoisotopic (exact) mass is 381 g/mol. The van der Waals surface area contributed by atoms with Crippen molar-refractivity contribution in [2.45, 2.75) is 13.8 Å². The fraction of sp³-hybridized carbons (Fsp3) is 0.158. The number of hydrogen-bond acceptors (Lipinski definition) is 4. The summed E-state index contributed by atoms with van der Waals surface area (Å²) < 4.78 is 1.14. The molecule has 2 aromatic carbocycles. The van der Waals surface area contributed by atoms with E-state index in [1.807, 2.05) is 32.0 Å². The molecule has 3 N–H and O–H groups in total. The van der Waals surface area contributed by atoms with Crippen molar-refractivity contribution in [1.29, 1.82) is 0 Å². The Labute approximate surface area is 161 Å². The molecule has 3 aromatic rings. The topological polar surface area (TPSA) is 88.0 Å². The molecule has 1 heterocycles. The van der Waals surface area contributed by atoms with Gasteiger partial charge in [-0.1, -0.05) is 30.3 Å². The number of aromatic nitrogens is 2. The smallest absolute Gasteiger partial charge is 0.290 e. The maximum atomic E-state index is 12.6. The lowest BCUT2D eigenvalue weighted by Gasteiger charge is -2.14. The van der Waals surface area contributed by atoms with Crippen LogP contribution in [-0.4, -0.2) is 20.8 Å². The van der Waals surface area contributed by atoms with E-state index < -0.39 is 5.91 Å². The van der Waals surface area contributed by atoms with Gasteiger partial charge in [0.05, 0.1) is 5.39 Å². The summed E-state index contributed by atoms with van der Waals surface area (Å²) >= 11 is 5.24. The van der Waals surface area contributed by atoms with Gasteiger partial charge in [-0.15, -0.1) is 0 Å². The Morgan fingerprint density at radius 1 is 1.07 bits per heavy atom. The van der Waals surface area contributed by atoms with Crippen LogP contribution in [0.25, 0.3) is 10.8 Å². The molecule has 138 valence electrons. The van der Waals surface area contributed by atoms with E-state index in [0.717, 1.165) is 21.5 Å². The van der Waals surface area contributed by atoms with E-state index in [0.29, 0.717) is 10.8 Å². The summed E-state index contributed by atoms with van der Waals surface area (Å²) in [4.78, 5) is 24.7. The third-order valence-electron chi connectivity index (χ3n) is 4.10. The normalized spacial score (nSPS) is 10.5. The summed E-state index contributed by atoms with van der Waals surface area (Å²) in [5.41, 5.74) is 8.04. The quantitative estimate of drug-likeness (QED) is 0.466. The fourth-order valence-electron chi connectivity index (χ4n) is 2.66. The number of carbonyl (C=O) groups is 1. The molecule has 8 heteroatoms. The number of nitrogens with zero attached hydrogens (tertiary/aromatic N) is 2. The molecule has 0 aliphatic heterocycles. The number of thiocarbonyl (C=S) groups is 1. The van der Waals surface area contributed by atoms with E-state index in [2.05, 4.69) is 21.3 Å². The molecule has 0 saturated carbocycles. The molecule has 0 unspecified atom stereocenters. The average molecular weight is 381 g/mol. The summed E-state index contributed by atoms with van der Waals surface area (Å²) in [6.07, 6.45) is 0. The van der Waals surface area contributed by atoms with Gasteiger partial charge in [0, 0.05) is 18.1 Å². The molecule has 0 aliphatic carbocycles. The van der Waals surface area contributed by atoms with Gasteiger partial charge in [-0.3, -0.25) is 20.4 Å². The Morgan fingerprint density at radius 3 is 2.52 bits per heavy atom. The number of anilines is 1. The van der Waals surface area contributed by atoms with Crippen molar-refractivity contribution >= 4 is 39.7 Å². The molecule has 0 spiro atoms. The first kappa shape index (κ1) is 18.5. The van der Waals surface area contributed by atoms with Gasteiger partial charge in [-0.2, -0.15) is 5.10 Å². The molecule has 0 saturated heterocycles. The van der Waals surface area contributed by atoms with Gasteiger partial charge in [-0.05, 0) is 49.3 Å². The van der Waals surface area contributed by atoms with Crippen LogP contribution < -0.4 is 21.7 Å². The van der Waals surface area contributed by atoms with Crippen LogP contribution in [-0.2, 0) is 7.05 Å². The van der Waals surface area contributed by atoms with Crippen molar-refractivity contribution in [3.05, 3.63) is 69.6 Å². The molecule has 0 atom stereocenters. The molecule has 1 aromatic heterocycles. The molecular weight excluding hydrogens is 362 g/mol. The minimum absolute atomic E-state index is 0.134. The zero-order valence-corrected chi connectivity index (χ0v) is 16.0. The molecule has 0 fully saturated rings. The predicted molar refractivity (Wildman–Crippen MR) is 110 cm³/mol. The van der Waals surface area contributed by atoms with Gasteiger partial charge < -0.3 is 5.32 Å². The minimum Gasteiger partial charge on any atom is -0.331 e. The third-order valence-corrected chi connectivity index (χ3v) is 4.31. The standard InChI is InChI=1S/C19H19N5O2S/c1-11-8-9-12(2)15(10-11)20-19(27)22-21-17(25)16-13-6-4-5-7-14(13)18(26)24(3)23-16/h4-10H,1-3H3,(H,21,25)(H2,20,22,27). The maximum absolute atomic E-state index is 12.6. The first-order valence-electron chi connectivity index (χ1n) is 8.27. The van der Waals surface area contributed by atoms with Crippen LogP contribution in [0.5, 0.6) is 0 Å².